The summed E-state index contributed by atoms with van der Waals surface area (Å²) in [5, 5.41) is 11.6. The number of anilines is 2. The molecule has 1 aliphatic rings. The number of nitrogens with zero attached hydrogens (tertiary/aromatic N) is 2. The van der Waals surface area contributed by atoms with Gasteiger partial charge in [0, 0.05) is 19.2 Å². The van der Waals surface area contributed by atoms with E-state index in [1.54, 1.807) is 24.3 Å². The number of nitriles is 1. The summed E-state index contributed by atoms with van der Waals surface area (Å²) in [6.07, 6.45) is 5.56. The van der Waals surface area contributed by atoms with Gasteiger partial charge in [-0.05, 0) is 48.7 Å². The quantitative estimate of drug-likeness (QED) is 0.742. The van der Waals surface area contributed by atoms with E-state index in [9.17, 15) is 4.79 Å². The van der Waals surface area contributed by atoms with Gasteiger partial charge in [-0.25, -0.2) is 0 Å². The Kier molecular flexibility index (Phi) is 6.53. The number of hydrogen-bond acceptors (Lipinski definition) is 5. The van der Waals surface area contributed by atoms with Crippen molar-refractivity contribution in [2.75, 3.05) is 37.0 Å². The number of carbonyl (C=O) groups excluding carboxylic acids is 1. The van der Waals surface area contributed by atoms with E-state index in [2.05, 4.69) is 10.2 Å². The zero-order chi connectivity index (χ0) is 19.8. The fourth-order valence-corrected chi connectivity index (χ4v) is 3.18. The Balaban J connectivity index is 1.68. The van der Waals surface area contributed by atoms with E-state index in [1.807, 2.05) is 30.3 Å². The largest absolute Gasteiger partial charge is 0.493 e. The summed E-state index contributed by atoms with van der Waals surface area (Å²) in [5.74, 6) is 0.804. The molecule has 0 saturated carbocycles. The minimum atomic E-state index is -0.199. The molecule has 3 rings (SSSR count). The van der Waals surface area contributed by atoms with Crippen LogP contribution in [0.1, 0.15) is 18.4 Å². The lowest BCUT2D eigenvalue weighted by molar-refractivity contribution is -0.111. The van der Waals surface area contributed by atoms with Gasteiger partial charge in [0.15, 0.2) is 18.1 Å². The Labute approximate surface area is 165 Å². The van der Waals surface area contributed by atoms with Crippen LogP contribution in [0.5, 0.6) is 11.5 Å². The van der Waals surface area contributed by atoms with E-state index in [1.165, 1.54) is 26.0 Å². The van der Waals surface area contributed by atoms with E-state index in [0.717, 1.165) is 30.0 Å². The zero-order valence-electron chi connectivity index (χ0n) is 15.9. The Bertz CT molecular complexity index is 896. The second-order valence-electron chi connectivity index (χ2n) is 6.39. The lowest BCUT2D eigenvalue weighted by Gasteiger charge is -2.21. The fourth-order valence-electron chi connectivity index (χ4n) is 3.18. The molecular formula is C22H23N3O3. The van der Waals surface area contributed by atoms with Crippen LogP contribution in [-0.2, 0) is 4.79 Å². The minimum absolute atomic E-state index is 0.0512. The highest BCUT2D eigenvalue weighted by Gasteiger charge is 2.16. The van der Waals surface area contributed by atoms with Gasteiger partial charge in [0.05, 0.1) is 18.5 Å². The Hall–Kier alpha value is -3.46. The van der Waals surface area contributed by atoms with Crippen LogP contribution in [-0.4, -0.2) is 32.7 Å². The molecule has 6 nitrogen and oxygen atoms in total. The first-order valence-electron chi connectivity index (χ1n) is 9.22. The predicted octanol–water partition coefficient (Wildman–Crippen LogP) is 3.85. The van der Waals surface area contributed by atoms with Gasteiger partial charge >= 0.3 is 0 Å². The topological polar surface area (TPSA) is 74.6 Å². The average Bonchev–Trinajstić information content (AvgIpc) is 3.26. The van der Waals surface area contributed by atoms with Crippen LogP contribution in [0.3, 0.4) is 0 Å². The summed E-state index contributed by atoms with van der Waals surface area (Å²) < 4.78 is 10.6. The highest BCUT2D eigenvalue weighted by atomic mass is 16.5. The van der Waals surface area contributed by atoms with Crippen LogP contribution in [0, 0.1) is 11.3 Å². The molecule has 1 amide bonds. The number of carbonyl (C=O) groups is 1. The number of hydrogen-bond donors (Lipinski definition) is 1. The number of nitrogens with one attached hydrogen (secondary N) is 1. The van der Waals surface area contributed by atoms with Gasteiger partial charge in [-0.3, -0.25) is 4.79 Å². The molecule has 1 fully saturated rings. The highest BCUT2D eigenvalue weighted by molar-refractivity contribution is 6.03. The Morgan fingerprint density at radius 1 is 1.21 bits per heavy atom. The number of amides is 1. The van der Waals surface area contributed by atoms with Crippen LogP contribution in [0.2, 0.25) is 0 Å². The number of methoxy groups -OCH3 is 1. The maximum absolute atomic E-state index is 12.4. The van der Waals surface area contributed by atoms with Gasteiger partial charge in [0.2, 0.25) is 5.91 Å². The maximum Gasteiger partial charge on any atom is 0.248 e. The average molecular weight is 377 g/mol. The molecular weight excluding hydrogens is 354 g/mol. The second-order valence-corrected chi connectivity index (χ2v) is 6.39. The molecule has 1 N–H and O–H groups in total. The maximum atomic E-state index is 12.4. The second kappa shape index (κ2) is 9.47. The van der Waals surface area contributed by atoms with Crippen LogP contribution in [0.4, 0.5) is 11.4 Å². The van der Waals surface area contributed by atoms with Crippen molar-refractivity contribution >= 4 is 23.4 Å². The molecule has 0 unspecified atom stereocenters. The van der Waals surface area contributed by atoms with Crippen molar-refractivity contribution < 1.29 is 14.3 Å². The molecule has 28 heavy (non-hydrogen) atoms. The van der Waals surface area contributed by atoms with Crippen LogP contribution < -0.4 is 19.7 Å². The van der Waals surface area contributed by atoms with E-state index in [0.29, 0.717) is 11.5 Å². The van der Waals surface area contributed by atoms with Gasteiger partial charge in [-0.15, -0.1) is 0 Å². The third-order valence-corrected chi connectivity index (χ3v) is 4.52. The summed E-state index contributed by atoms with van der Waals surface area (Å²) in [7, 11) is 1.53. The molecule has 1 heterocycles. The first-order chi connectivity index (χ1) is 13.7. The van der Waals surface area contributed by atoms with Gasteiger partial charge in [0.1, 0.15) is 6.07 Å². The monoisotopic (exact) mass is 377 g/mol. The summed E-state index contributed by atoms with van der Waals surface area (Å²) in [6.45, 7) is 1.98. The fraction of sp³-hybridized carbons (Fsp3) is 0.273. The Morgan fingerprint density at radius 3 is 2.75 bits per heavy atom. The molecule has 0 aromatic heterocycles. The number of para-hydroxylation sites is 2. The molecule has 0 radical (unpaired) electrons. The first kappa shape index (κ1) is 19.3. The summed E-state index contributed by atoms with van der Waals surface area (Å²) in [5.41, 5.74) is 2.67. The number of benzene rings is 2. The van der Waals surface area contributed by atoms with E-state index >= 15 is 0 Å². The van der Waals surface area contributed by atoms with Gasteiger partial charge < -0.3 is 19.7 Å². The molecule has 1 saturated heterocycles. The van der Waals surface area contributed by atoms with E-state index in [-0.39, 0.29) is 12.5 Å². The van der Waals surface area contributed by atoms with E-state index < -0.39 is 0 Å². The van der Waals surface area contributed by atoms with Crippen LogP contribution >= 0.6 is 0 Å². The number of ether oxygens (including phenoxy) is 2. The molecule has 1 aliphatic heterocycles. The van der Waals surface area contributed by atoms with E-state index in [4.69, 9.17) is 14.7 Å². The summed E-state index contributed by atoms with van der Waals surface area (Å²) in [6, 6.07) is 15.1. The summed E-state index contributed by atoms with van der Waals surface area (Å²) in [4.78, 5) is 14.7. The molecule has 144 valence electrons. The van der Waals surface area contributed by atoms with Crippen LogP contribution in [0.15, 0.2) is 48.5 Å². The van der Waals surface area contributed by atoms with Crippen molar-refractivity contribution in [2.45, 2.75) is 12.8 Å². The van der Waals surface area contributed by atoms with Gasteiger partial charge in [-0.1, -0.05) is 18.2 Å². The van der Waals surface area contributed by atoms with Crippen molar-refractivity contribution in [2.24, 2.45) is 0 Å². The molecule has 0 bridgehead atoms. The van der Waals surface area contributed by atoms with Crippen molar-refractivity contribution in [3.05, 3.63) is 54.1 Å². The highest BCUT2D eigenvalue weighted by Crippen LogP contribution is 2.30. The molecule has 0 aliphatic carbocycles. The third-order valence-electron chi connectivity index (χ3n) is 4.52. The van der Waals surface area contributed by atoms with Crippen molar-refractivity contribution in [3.63, 3.8) is 0 Å². The summed E-state index contributed by atoms with van der Waals surface area (Å²) >= 11 is 0. The number of rotatable bonds is 7. The Morgan fingerprint density at radius 2 is 2.00 bits per heavy atom. The molecule has 0 spiro atoms. The predicted molar refractivity (Wildman–Crippen MR) is 110 cm³/mol. The zero-order valence-corrected chi connectivity index (χ0v) is 15.9. The smallest absolute Gasteiger partial charge is 0.248 e. The molecule has 6 heteroatoms. The molecule has 2 aromatic rings. The molecule has 2 aromatic carbocycles. The van der Waals surface area contributed by atoms with Gasteiger partial charge in [0.25, 0.3) is 0 Å². The lowest BCUT2D eigenvalue weighted by Crippen LogP contribution is -2.20. The SMILES string of the molecule is COc1cc(/C=C/C(=O)Nc2ccccc2N2CCCC2)ccc1OCC#N. The minimum Gasteiger partial charge on any atom is -0.493 e. The third kappa shape index (κ3) is 4.83. The standard InChI is InChI=1S/C22H23N3O3/c1-27-21-16-17(8-10-20(21)28-15-12-23)9-11-22(26)24-18-6-2-3-7-19(18)25-13-4-5-14-25/h2-3,6-11,16H,4-5,13-15H2,1H3,(H,24,26)/b11-9+. The van der Waals surface area contributed by atoms with Crippen molar-refractivity contribution in [1.29, 1.82) is 5.26 Å². The first-order valence-corrected chi connectivity index (χ1v) is 9.22. The van der Waals surface area contributed by atoms with Gasteiger partial charge in [-0.2, -0.15) is 5.26 Å². The van der Waals surface area contributed by atoms with Crippen molar-refractivity contribution in [1.82, 2.24) is 0 Å². The molecule has 0 atom stereocenters. The normalized spacial score (nSPS) is 13.4. The van der Waals surface area contributed by atoms with Crippen LogP contribution in [0.25, 0.3) is 6.08 Å². The van der Waals surface area contributed by atoms with Crippen molar-refractivity contribution in [3.8, 4) is 17.6 Å². The lowest BCUT2D eigenvalue weighted by atomic mass is 10.2.